The topological polar surface area (TPSA) is 98.5 Å². The molecule has 0 radical (unpaired) electrons. The van der Waals surface area contributed by atoms with E-state index in [0.29, 0.717) is 22.0 Å². The number of nitro groups is 1. The molecule has 0 saturated carbocycles. The first kappa shape index (κ1) is 23.2. The number of Topliss-reactive ketones (excluding diaryl/α,β-unsaturated/α-hetero) is 1. The number of hydrogen-bond acceptors (Lipinski definition) is 5. The Morgan fingerprint density at radius 3 is 2.44 bits per heavy atom. The quantitative estimate of drug-likeness (QED) is 0.184. The highest BCUT2D eigenvalue weighted by Gasteiger charge is 2.22. The van der Waals surface area contributed by atoms with Crippen LogP contribution in [0.15, 0.2) is 72.8 Å². The first-order valence-corrected chi connectivity index (χ1v) is 10.5. The molecular formula is C23H18Cl2N2O5. The zero-order valence-electron chi connectivity index (χ0n) is 16.7. The largest absolute Gasteiger partial charge is 0.482 e. The Morgan fingerprint density at radius 2 is 1.75 bits per heavy atom. The van der Waals surface area contributed by atoms with Crippen LogP contribution in [0.3, 0.4) is 0 Å². The van der Waals surface area contributed by atoms with Gasteiger partial charge in [0.15, 0.2) is 6.10 Å². The van der Waals surface area contributed by atoms with Gasteiger partial charge in [-0.25, -0.2) is 0 Å². The monoisotopic (exact) mass is 472 g/mol. The van der Waals surface area contributed by atoms with E-state index >= 15 is 0 Å². The number of hydrogen-bond donors (Lipinski definition) is 1. The van der Waals surface area contributed by atoms with Gasteiger partial charge in [0.1, 0.15) is 11.3 Å². The number of ketones is 1. The summed E-state index contributed by atoms with van der Waals surface area (Å²) in [4.78, 5) is 35.9. The highest BCUT2D eigenvalue weighted by molar-refractivity contribution is 6.30. The van der Waals surface area contributed by atoms with Crippen LogP contribution in [0.2, 0.25) is 5.02 Å². The first-order valence-electron chi connectivity index (χ1n) is 9.56. The second-order valence-corrected chi connectivity index (χ2v) is 7.53. The number of anilines is 1. The molecule has 3 rings (SSSR count). The molecule has 0 heterocycles. The van der Waals surface area contributed by atoms with Crippen molar-refractivity contribution in [3.63, 3.8) is 0 Å². The van der Waals surface area contributed by atoms with E-state index in [1.165, 1.54) is 24.3 Å². The number of alkyl halides is 1. The van der Waals surface area contributed by atoms with Crippen molar-refractivity contribution in [3.05, 3.63) is 99.1 Å². The molecule has 0 fully saturated rings. The molecular weight excluding hydrogens is 455 g/mol. The zero-order chi connectivity index (χ0) is 23.1. The van der Waals surface area contributed by atoms with Crippen LogP contribution in [0, 0.1) is 10.1 Å². The summed E-state index contributed by atoms with van der Waals surface area (Å²) in [5, 5.41) is 14.3. The molecule has 0 aromatic heterocycles. The Morgan fingerprint density at radius 1 is 1.03 bits per heavy atom. The lowest BCUT2D eigenvalue weighted by atomic mass is 10.0. The second-order valence-electron chi connectivity index (χ2n) is 6.71. The number of nitrogens with zero attached hydrogens (tertiary/aromatic N) is 1. The van der Waals surface area contributed by atoms with Gasteiger partial charge < -0.3 is 10.1 Å². The Hall–Kier alpha value is -3.42. The van der Waals surface area contributed by atoms with Gasteiger partial charge in [-0.1, -0.05) is 29.8 Å². The number of benzene rings is 3. The van der Waals surface area contributed by atoms with E-state index in [4.69, 9.17) is 27.9 Å². The fourth-order valence-corrected chi connectivity index (χ4v) is 3.30. The molecule has 1 unspecified atom stereocenters. The van der Waals surface area contributed by atoms with Crippen molar-refractivity contribution < 1.29 is 19.2 Å². The fourth-order valence-electron chi connectivity index (χ4n) is 2.98. The van der Waals surface area contributed by atoms with Crippen LogP contribution in [0.1, 0.15) is 27.1 Å². The van der Waals surface area contributed by atoms with E-state index in [0.717, 1.165) is 0 Å². The maximum atomic E-state index is 12.8. The van der Waals surface area contributed by atoms with E-state index in [-0.39, 0.29) is 29.3 Å². The van der Waals surface area contributed by atoms with E-state index in [2.05, 4.69) is 5.32 Å². The highest BCUT2D eigenvalue weighted by atomic mass is 35.5. The van der Waals surface area contributed by atoms with Crippen molar-refractivity contribution in [2.24, 2.45) is 0 Å². The summed E-state index contributed by atoms with van der Waals surface area (Å²) >= 11 is 11.7. The van der Waals surface area contributed by atoms with E-state index in [1.54, 1.807) is 48.5 Å². The fraction of sp³-hybridized carbons (Fsp3) is 0.130. The molecule has 1 amide bonds. The molecule has 1 atom stereocenters. The van der Waals surface area contributed by atoms with Gasteiger partial charge in [0.25, 0.3) is 11.6 Å². The molecule has 0 aliphatic heterocycles. The first-order chi connectivity index (χ1) is 15.4. The number of halogens is 2. The van der Waals surface area contributed by atoms with Gasteiger partial charge >= 0.3 is 0 Å². The molecule has 32 heavy (non-hydrogen) atoms. The van der Waals surface area contributed by atoms with Gasteiger partial charge in [0.05, 0.1) is 4.92 Å². The number of para-hydroxylation sites is 1. The van der Waals surface area contributed by atoms with E-state index in [1.807, 2.05) is 0 Å². The molecule has 3 aromatic carbocycles. The lowest BCUT2D eigenvalue weighted by Gasteiger charge is -2.18. The molecule has 1 N–H and O–H groups in total. The van der Waals surface area contributed by atoms with Crippen LogP contribution >= 0.6 is 23.2 Å². The van der Waals surface area contributed by atoms with Crippen LogP contribution in [-0.4, -0.2) is 28.6 Å². The van der Waals surface area contributed by atoms with Gasteiger partial charge in [0, 0.05) is 40.7 Å². The third kappa shape index (κ3) is 5.84. The van der Waals surface area contributed by atoms with Crippen molar-refractivity contribution in [1.82, 2.24) is 0 Å². The number of carbonyl (C=O) groups excluding carboxylic acids is 2. The second kappa shape index (κ2) is 10.7. The predicted molar refractivity (Wildman–Crippen MR) is 123 cm³/mol. The van der Waals surface area contributed by atoms with E-state index < -0.39 is 16.9 Å². The van der Waals surface area contributed by atoms with Gasteiger partial charge in [0.2, 0.25) is 5.78 Å². The highest BCUT2D eigenvalue weighted by Crippen LogP contribution is 2.24. The maximum Gasteiger partial charge on any atom is 0.282 e. The van der Waals surface area contributed by atoms with Crippen LogP contribution in [0.25, 0.3) is 0 Å². The zero-order valence-corrected chi connectivity index (χ0v) is 18.2. The third-order valence-corrected chi connectivity index (χ3v) is 4.98. The van der Waals surface area contributed by atoms with Crippen molar-refractivity contribution in [3.8, 4) is 5.75 Å². The Balaban J connectivity index is 1.77. The van der Waals surface area contributed by atoms with Gasteiger partial charge in [-0.05, 0) is 42.5 Å². The number of carbonyl (C=O) groups is 2. The van der Waals surface area contributed by atoms with Gasteiger partial charge in [-0.2, -0.15) is 0 Å². The van der Waals surface area contributed by atoms with E-state index in [9.17, 15) is 19.7 Å². The minimum atomic E-state index is -0.838. The summed E-state index contributed by atoms with van der Waals surface area (Å²) in [7, 11) is 0. The average molecular weight is 473 g/mol. The predicted octanol–water partition coefficient (Wildman–Crippen LogP) is 5.76. The summed E-state index contributed by atoms with van der Waals surface area (Å²) < 4.78 is 5.86. The molecule has 0 bridgehead atoms. The summed E-state index contributed by atoms with van der Waals surface area (Å²) in [5.74, 6) is -0.346. The Kier molecular flexibility index (Phi) is 7.81. The normalized spacial score (nSPS) is 11.4. The molecule has 0 saturated heterocycles. The van der Waals surface area contributed by atoms with Crippen LogP contribution in [0.4, 0.5) is 11.4 Å². The van der Waals surface area contributed by atoms with Crippen molar-refractivity contribution in [2.75, 3.05) is 11.2 Å². The summed E-state index contributed by atoms with van der Waals surface area (Å²) in [5.41, 5.74) is 0.425. The Bertz CT molecular complexity index is 1140. The van der Waals surface area contributed by atoms with Crippen LogP contribution < -0.4 is 10.1 Å². The summed E-state index contributed by atoms with van der Waals surface area (Å²) in [6, 6.07) is 18.5. The molecule has 0 aliphatic rings. The SMILES string of the molecule is O=C(Nc1cccc(OC(CCCl)C(=O)c2ccc(Cl)cc2)c1)c1ccccc1[N+](=O)[O-]. The van der Waals surface area contributed by atoms with Gasteiger partial charge in [-0.3, -0.25) is 19.7 Å². The lowest BCUT2D eigenvalue weighted by Crippen LogP contribution is -2.28. The molecule has 164 valence electrons. The number of rotatable bonds is 9. The average Bonchev–Trinajstić information content (AvgIpc) is 2.79. The maximum absolute atomic E-state index is 12.8. The van der Waals surface area contributed by atoms with Crippen molar-refractivity contribution >= 4 is 46.3 Å². The molecule has 7 nitrogen and oxygen atoms in total. The summed E-state index contributed by atoms with van der Waals surface area (Å²) in [6.45, 7) is 0. The van der Waals surface area contributed by atoms with Gasteiger partial charge in [-0.15, -0.1) is 11.6 Å². The van der Waals surface area contributed by atoms with Crippen LogP contribution in [0.5, 0.6) is 5.75 Å². The Labute approximate surface area is 194 Å². The minimum Gasteiger partial charge on any atom is -0.482 e. The molecule has 0 aliphatic carbocycles. The smallest absolute Gasteiger partial charge is 0.282 e. The van der Waals surface area contributed by atoms with Crippen LogP contribution in [-0.2, 0) is 0 Å². The molecule has 0 spiro atoms. The molecule has 3 aromatic rings. The number of amides is 1. The van der Waals surface area contributed by atoms with Crippen molar-refractivity contribution in [2.45, 2.75) is 12.5 Å². The number of ether oxygens (including phenoxy) is 1. The number of nitro benzene ring substituents is 1. The number of nitrogens with one attached hydrogen (secondary N) is 1. The van der Waals surface area contributed by atoms with Crippen molar-refractivity contribution in [1.29, 1.82) is 0 Å². The lowest BCUT2D eigenvalue weighted by molar-refractivity contribution is -0.385. The third-order valence-electron chi connectivity index (χ3n) is 4.51. The molecule has 9 heteroatoms. The standard InChI is InChI=1S/C23H18Cl2N2O5/c24-13-12-21(22(28)15-8-10-16(25)11-9-15)32-18-5-3-4-17(14-18)26-23(29)19-6-1-2-7-20(19)27(30)31/h1-11,14,21H,12-13H2,(H,26,29). The summed E-state index contributed by atoms with van der Waals surface area (Å²) in [6.07, 6.45) is -0.564. The minimum absolute atomic E-state index is 0.0678.